The summed E-state index contributed by atoms with van der Waals surface area (Å²) in [7, 11) is 0. The van der Waals surface area contributed by atoms with E-state index in [1.807, 2.05) is 13.8 Å². The molecule has 2 rings (SSSR count). The molecule has 0 aliphatic heterocycles. The third-order valence-corrected chi connectivity index (χ3v) is 2.30. The first-order valence-corrected chi connectivity index (χ1v) is 4.79. The highest BCUT2D eigenvalue weighted by Gasteiger charge is 2.42. The average molecular weight is 179 g/mol. The van der Waals surface area contributed by atoms with Crippen LogP contribution in [-0.2, 0) is 5.41 Å². The highest BCUT2D eigenvalue weighted by Crippen LogP contribution is 2.47. The molecule has 1 aromatic heterocycles. The molecule has 1 aromatic rings. The summed E-state index contributed by atoms with van der Waals surface area (Å²) in [6, 6.07) is 0. The molecule has 3 nitrogen and oxygen atoms in total. The highest BCUT2D eigenvalue weighted by molar-refractivity contribution is 5.41. The number of nitrogens with two attached hydrogens (primary N) is 1. The Hall–Kier alpha value is -1.12. The van der Waals surface area contributed by atoms with Gasteiger partial charge in [-0.1, -0.05) is 20.8 Å². The molecule has 0 radical (unpaired) electrons. The van der Waals surface area contributed by atoms with E-state index in [0.717, 1.165) is 5.69 Å². The Morgan fingerprint density at radius 3 is 2.23 bits per heavy atom. The minimum Gasteiger partial charge on any atom is -0.382 e. The lowest BCUT2D eigenvalue weighted by Gasteiger charge is -2.07. The van der Waals surface area contributed by atoms with Gasteiger partial charge in [-0.05, 0) is 12.8 Å². The fraction of sp³-hybridized carbons (Fsp3) is 0.600. The maximum atomic E-state index is 5.67. The lowest BCUT2D eigenvalue weighted by atomic mass is 10.1. The maximum Gasteiger partial charge on any atom is 0.145 e. The molecule has 1 aliphatic rings. The van der Waals surface area contributed by atoms with Crippen molar-refractivity contribution in [3.05, 3.63) is 18.1 Å². The van der Waals surface area contributed by atoms with Gasteiger partial charge in [0, 0.05) is 17.8 Å². The van der Waals surface area contributed by atoms with Crippen LogP contribution in [0, 0.1) is 0 Å². The van der Waals surface area contributed by atoms with E-state index in [1.165, 1.54) is 12.8 Å². The Morgan fingerprint density at radius 2 is 1.77 bits per heavy atom. The summed E-state index contributed by atoms with van der Waals surface area (Å²) in [5.74, 6) is 0.590. The quantitative estimate of drug-likeness (QED) is 0.718. The molecule has 1 fully saturated rings. The Balaban J connectivity index is 0.000000396. The predicted molar refractivity (Wildman–Crippen MR) is 54.4 cm³/mol. The smallest absolute Gasteiger partial charge is 0.145 e. The van der Waals surface area contributed by atoms with E-state index in [1.54, 1.807) is 12.4 Å². The van der Waals surface area contributed by atoms with E-state index in [0.29, 0.717) is 5.82 Å². The fourth-order valence-electron chi connectivity index (χ4n) is 1.24. The van der Waals surface area contributed by atoms with Crippen LogP contribution in [0.1, 0.15) is 39.3 Å². The van der Waals surface area contributed by atoms with Crippen LogP contribution in [0.3, 0.4) is 0 Å². The van der Waals surface area contributed by atoms with Crippen LogP contribution in [0.2, 0.25) is 0 Å². The normalized spacial score (nSPS) is 17.2. The van der Waals surface area contributed by atoms with Crippen LogP contribution in [0.25, 0.3) is 0 Å². The van der Waals surface area contributed by atoms with Gasteiger partial charge >= 0.3 is 0 Å². The Labute approximate surface area is 79.4 Å². The molecule has 0 aromatic carbocycles. The molecule has 0 bridgehead atoms. The van der Waals surface area contributed by atoms with E-state index in [-0.39, 0.29) is 5.41 Å². The first-order valence-electron chi connectivity index (χ1n) is 4.79. The third kappa shape index (κ3) is 1.97. The van der Waals surface area contributed by atoms with Gasteiger partial charge in [-0.2, -0.15) is 0 Å². The summed E-state index contributed by atoms with van der Waals surface area (Å²) in [5.41, 5.74) is 6.88. The summed E-state index contributed by atoms with van der Waals surface area (Å²) >= 11 is 0. The Morgan fingerprint density at radius 1 is 1.23 bits per heavy atom. The van der Waals surface area contributed by atoms with Crippen molar-refractivity contribution in [3.63, 3.8) is 0 Å². The molecular formula is C10H17N3. The number of rotatable bonds is 1. The zero-order chi connectivity index (χ0) is 9.90. The minimum atomic E-state index is 0.234. The van der Waals surface area contributed by atoms with Crippen molar-refractivity contribution >= 4 is 5.82 Å². The van der Waals surface area contributed by atoms with Crippen LogP contribution < -0.4 is 5.73 Å². The number of nitrogen functional groups attached to an aromatic ring is 1. The van der Waals surface area contributed by atoms with Crippen LogP contribution in [-0.4, -0.2) is 9.97 Å². The monoisotopic (exact) mass is 179 g/mol. The van der Waals surface area contributed by atoms with E-state index >= 15 is 0 Å². The molecule has 13 heavy (non-hydrogen) atoms. The van der Waals surface area contributed by atoms with E-state index in [2.05, 4.69) is 16.9 Å². The van der Waals surface area contributed by atoms with Gasteiger partial charge < -0.3 is 5.73 Å². The van der Waals surface area contributed by atoms with Crippen molar-refractivity contribution in [2.45, 2.75) is 39.0 Å². The zero-order valence-corrected chi connectivity index (χ0v) is 8.54. The molecule has 0 amide bonds. The van der Waals surface area contributed by atoms with Crippen LogP contribution >= 0.6 is 0 Å². The minimum absolute atomic E-state index is 0.234. The highest BCUT2D eigenvalue weighted by atomic mass is 14.9. The standard InChI is InChI=1S/C8H11N3.C2H6/c1-8(2-3-8)6-7(9)11-5-4-10-6;1-2/h4-5H,2-3H2,1H3,(H2,9,11);1-2H3. The third-order valence-electron chi connectivity index (χ3n) is 2.30. The van der Waals surface area contributed by atoms with Gasteiger partial charge in [-0.25, -0.2) is 4.98 Å². The average Bonchev–Trinajstić information content (AvgIpc) is 2.89. The van der Waals surface area contributed by atoms with Crippen LogP contribution in [0.4, 0.5) is 5.82 Å². The Bertz CT molecular complexity index is 279. The number of nitrogens with zero attached hydrogens (tertiary/aromatic N) is 2. The zero-order valence-electron chi connectivity index (χ0n) is 8.54. The van der Waals surface area contributed by atoms with Crippen molar-refractivity contribution in [2.24, 2.45) is 0 Å². The molecule has 3 heteroatoms. The van der Waals surface area contributed by atoms with Gasteiger partial charge in [0.1, 0.15) is 5.82 Å². The SMILES string of the molecule is CC.CC1(c2nccnc2N)CC1. The lowest BCUT2D eigenvalue weighted by molar-refractivity contribution is 0.747. The number of aromatic nitrogens is 2. The summed E-state index contributed by atoms with van der Waals surface area (Å²) < 4.78 is 0. The fourth-order valence-corrected chi connectivity index (χ4v) is 1.24. The van der Waals surface area contributed by atoms with Gasteiger partial charge in [0.05, 0.1) is 5.69 Å². The molecule has 1 saturated carbocycles. The van der Waals surface area contributed by atoms with Gasteiger partial charge in [0.25, 0.3) is 0 Å². The largest absolute Gasteiger partial charge is 0.382 e. The molecule has 1 aliphatic carbocycles. The van der Waals surface area contributed by atoms with Gasteiger partial charge in [-0.15, -0.1) is 0 Å². The molecule has 2 N–H and O–H groups in total. The molecule has 0 spiro atoms. The van der Waals surface area contributed by atoms with E-state index < -0.39 is 0 Å². The topological polar surface area (TPSA) is 51.8 Å². The van der Waals surface area contributed by atoms with Gasteiger partial charge in [-0.3, -0.25) is 4.98 Å². The van der Waals surface area contributed by atoms with Crippen LogP contribution in [0.15, 0.2) is 12.4 Å². The maximum absolute atomic E-state index is 5.67. The van der Waals surface area contributed by atoms with E-state index in [9.17, 15) is 0 Å². The molecular weight excluding hydrogens is 162 g/mol. The lowest BCUT2D eigenvalue weighted by Crippen LogP contribution is -2.08. The van der Waals surface area contributed by atoms with Gasteiger partial charge in [0.15, 0.2) is 0 Å². The van der Waals surface area contributed by atoms with Gasteiger partial charge in [0.2, 0.25) is 0 Å². The number of anilines is 1. The molecule has 72 valence electrons. The molecule has 0 atom stereocenters. The van der Waals surface area contributed by atoms with Crippen LogP contribution in [0.5, 0.6) is 0 Å². The summed E-state index contributed by atoms with van der Waals surface area (Å²) in [6.45, 7) is 6.17. The van der Waals surface area contributed by atoms with E-state index in [4.69, 9.17) is 5.73 Å². The summed E-state index contributed by atoms with van der Waals surface area (Å²) in [4.78, 5) is 8.23. The number of hydrogen-bond donors (Lipinski definition) is 1. The molecule has 1 heterocycles. The van der Waals surface area contributed by atoms with Crippen molar-refractivity contribution in [2.75, 3.05) is 5.73 Å². The number of hydrogen-bond acceptors (Lipinski definition) is 3. The first kappa shape index (κ1) is 9.96. The molecule has 0 saturated heterocycles. The predicted octanol–water partition coefficient (Wildman–Crippen LogP) is 2.14. The second-order valence-corrected chi connectivity index (χ2v) is 3.35. The first-order chi connectivity index (χ1) is 6.22. The van der Waals surface area contributed by atoms with Crippen molar-refractivity contribution in [1.29, 1.82) is 0 Å². The second-order valence-electron chi connectivity index (χ2n) is 3.35. The molecule has 0 unspecified atom stereocenters. The van der Waals surface area contributed by atoms with Crippen molar-refractivity contribution in [3.8, 4) is 0 Å². The Kier molecular flexibility index (Phi) is 2.86. The second kappa shape index (κ2) is 3.73. The van der Waals surface area contributed by atoms with Crippen molar-refractivity contribution in [1.82, 2.24) is 9.97 Å². The summed E-state index contributed by atoms with van der Waals surface area (Å²) in [6.07, 6.45) is 5.71. The summed E-state index contributed by atoms with van der Waals surface area (Å²) in [5, 5.41) is 0. The van der Waals surface area contributed by atoms with Crippen molar-refractivity contribution < 1.29 is 0 Å².